The maximum atomic E-state index is 12.3. The lowest BCUT2D eigenvalue weighted by Gasteiger charge is -2.16. The summed E-state index contributed by atoms with van der Waals surface area (Å²) in [4.78, 5) is 18.1. The van der Waals surface area contributed by atoms with Gasteiger partial charge in [-0.2, -0.15) is 5.10 Å². The second-order valence-corrected chi connectivity index (χ2v) is 5.74. The molecule has 0 aliphatic heterocycles. The van der Waals surface area contributed by atoms with Crippen LogP contribution in [0.1, 0.15) is 5.76 Å². The number of rotatable bonds is 6. The number of carbonyl (C=O) groups is 1. The van der Waals surface area contributed by atoms with Gasteiger partial charge in [0, 0.05) is 5.02 Å². The summed E-state index contributed by atoms with van der Waals surface area (Å²) in [5.74, 6) is 0.643. The number of carbonyl (C=O) groups excluding carboxylic acids is 1. The minimum atomic E-state index is -0.160. The molecule has 8 heteroatoms. The van der Waals surface area contributed by atoms with Crippen LogP contribution in [0.2, 0.25) is 5.02 Å². The number of nitrogens with one attached hydrogen (secondary N) is 1. The van der Waals surface area contributed by atoms with E-state index in [4.69, 9.17) is 16.0 Å². The molecule has 2 heterocycles. The fourth-order valence-corrected chi connectivity index (χ4v) is 2.47. The van der Waals surface area contributed by atoms with Crippen molar-refractivity contribution in [3.63, 3.8) is 0 Å². The highest BCUT2D eigenvalue weighted by Crippen LogP contribution is 2.23. The Kier molecular flexibility index (Phi) is 4.93. The first-order chi connectivity index (χ1) is 11.6. The Balaban J connectivity index is 1.69. The van der Waals surface area contributed by atoms with E-state index >= 15 is 0 Å². The van der Waals surface area contributed by atoms with Crippen LogP contribution in [-0.2, 0) is 11.3 Å². The monoisotopic (exact) mass is 345 g/mol. The fraction of sp³-hybridized carbons (Fsp3) is 0.188. The second kappa shape index (κ2) is 7.29. The second-order valence-electron chi connectivity index (χ2n) is 5.30. The zero-order chi connectivity index (χ0) is 16.9. The van der Waals surface area contributed by atoms with E-state index in [1.54, 1.807) is 35.5 Å². The first kappa shape index (κ1) is 16.2. The van der Waals surface area contributed by atoms with Crippen LogP contribution in [0.3, 0.4) is 0 Å². The number of halogens is 1. The predicted octanol–water partition coefficient (Wildman–Crippen LogP) is 2.58. The molecular formula is C16H16ClN5O2. The summed E-state index contributed by atoms with van der Waals surface area (Å²) < 4.78 is 6.85. The molecule has 3 aromatic rings. The Morgan fingerprint density at radius 1 is 1.42 bits per heavy atom. The van der Waals surface area contributed by atoms with Gasteiger partial charge in [-0.15, -0.1) is 0 Å². The highest BCUT2D eigenvalue weighted by atomic mass is 35.5. The summed E-state index contributed by atoms with van der Waals surface area (Å²) in [6, 6.07) is 8.88. The number of likely N-dealkylation sites (N-methyl/N-ethyl adjacent to an activating group) is 1. The van der Waals surface area contributed by atoms with Gasteiger partial charge in [0.25, 0.3) is 0 Å². The maximum Gasteiger partial charge on any atom is 0.238 e. The van der Waals surface area contributed by atoms with Crippen LogP contribution >= 0.6 is 11.6 Å². The first-order valence-electron chi connectivity index (χ1n) is 7.27. The van der Waals surface area contributed by atoms with Crippen molar-refractivity contribution < 1.29 is 9.21 Å². The topological polar surface area (TPSA) is 76.2 Å². The lowest BCUT2D eigenvalue weighted by Crippen LogP contribution is -2.30. The van der Waals surface area contributed by atoms with Gasteiger partial charge in [0.05, 0.1) is 30.7 Å². The van der Waals surface area contributed by atoms with Crippen molar-refractivity contribution in [1.82, 2.24) is 19.7 Å². The van der Waals surface area contributed by atoms with E-state index in [0.29, 0.717) is 22.9 Å². The lowest BCUT2D eigenvalue weighted by atomic mass is 10.2. The lowest BCUT2D eigenvalue weighted by molar-refractivity contribution is -0.117. The molecule has 0 radical (unpaired) electrons. The van der Waals surface area contributed by atoms with Gasteiger partial charge in [-0.1, -0.05) is 11.6 Å². The van der Waals surface area contributed by atoms with E-state index in [2.05, 4.69) is 15.4 Å². The average Bonchev–Trinajstić information content (AvgIpc) is 3.20. The molecule has 0 aliphatic carbocycles. The summed E-state index contributed by atoms with van der Waals surface area (Å²) in [6.07, 6.45) is 4.60. The molecule has 0 bridgehead atoms. The standard InChI is InChI=1S/C16H16ClN5O2/c1-21(8-13-3-2-6-24-13)9-16(23)20-14-7-12(17)4-5-15(14)22-11-18-10-19-22/h2-7,10-11H,8-9H2,1H3,(H,20,23). The SMILES string of the molecule is CN(CC(=O)Nc1cc(Cl)ccc1-n1cncn1)Cc1ccco1. The van der Waals surface area contributed by atoms with Gasteiger partial charge >= 0.3 is 0 Å². The number of nitrogens with zero attached hydrogens (tertiary/aromatic N) is 4. The van der Waals surface area contributed by atoms with Crippen molar-refractivity contribution in [3.8, 4) is 5.69 Å². The molecule has 0 atom stereocenters. The minimum Gasteiger partial charge on any atom is -0.468 e. The van der Waals surface area contributed by atoms with Crippen molar-refractivity contribution in [2.75, 3.05) is 18.9 Å². The highest BCUT2D eigenvalue weighted by molar-refractivity contribution is 6.31. The Morgan fingerprint density at radius 2 is 2.29 bits per heavy atom. The summed E-state index contributed by atoms with van der Waals surface area (Å²) in [6.45, 7) is 0.760. The van der Waals surface area contributed by atoms with Gasteiger partial charge in [0.15, 0.2) is 0 Å². The first-order valence-corrected chi connectivity index (χ1v) is 7.65. The van der Waals surface area contributed by atoms with E-state index in [1.165, 1.54) is 6.33 Å². The van der Waals surface area contributed by atoms with Gasteiger partial charge in [0.2, 0.25) is 5.91 Å². The van der Waals surface area contributed by atoms with Crippen LogP contribution in [-0.4, -0.2) is 39.2 Å². The van der Waals surface area contributed by atoms with E-state index < -0.39 is 0 Å². The summed E-state index contributed by atoms with van der Waals surface area (Å²) in [5.41, 5.74) is 1.27. The molecule has 7 nitrogen and oxygen atoms in total. The van der Waals surface area contributed by atoms with Crippen molar-refractivity contribution in [2.24, 2.45) is 0 Å². The maximum absolute atomic E-state index is 12.3. The number of amides is 1. The van der Waals surface area contributed by atoms with E-state index in [1.807, 2.05) is 24.1 Å². The Bertz CT molecular complexity index is 802. The predicted molar refractivity (Wildman–Crippen MR) is 90.0 cm³/mol. The van der Waals surface area contributed by atoms with Gasteiger partial charge in [0.1, 0.15) is 18.4 Å². The fourth-order valence-electron chi connectivity index (χ4n) is 2.30. The van der Waals surface area contributed by atoms with Crippen molar-refractivity contribution in [2.45, 2.75) is 6.54 Å². The Labute approximate surface area is 143 Å². The number of furan rings is 1. The molecule has 0 spiro atoms. The van der Waals surface area contributed by atoms with Crippen LogP contribution in [0.4, 0.5) is 5.69 Å². The summed E-state index contributed by atoms with van der Waals surface area (Å²) in [5, 5.41) is 7.48. The van der Waals surface area contributed by atoms with Crippen LogP contribution in [0, 0.1) is 0 Å². The van der Waals surface area contributed by atoms with Crippen LogP contribution < -0.4 is 5.32 Å². The summed E-state index contributed by atoms with van der Waals surface area (Å²) >= 11 is 6.04. The molecule has 1 aromatic carbocycles. The molecule has 3 rings (SSSR count). The van der Waals surface area contributed by atoms with E-state index in [9.17, 15) is 4.79 Å². The Morgan fingerprint density at radius 3 is 3.00 bits per heavy atom. The van der Waals surface area contributed by atoms with Crippen molar-refractivity contribution in [1.29, 1.82) is 0 Å². The third kappa shape index (κ3) is 4.01. The normalized spacial score (nSPS) is 11.0. The molecule has 0 saturated heterocycles. The number of benzene rings is 1. The molecule has 0 unspecified atom stereocenters. The van der Waals surface area contributed by atoms with Gasteiger partial charge < -0.3 is 9.73 Å². The molecule has 24 heavy (non-hydrogen) atoms. The third-order valence-corrected chi connectivity index (χ3v) is 3.55. The molecule has 0 aliphatic rings. The summed E-state index contributed by atoms with van der Waals surface area (Å²) in [7, 11) is 1.85. The zero-order valence-corrected chi connectivity index (χ0v) is 13.8. The smallest absolute Gasteiger partial charge is 0.238 e. The quantitative estimate of drug-likeness (QED) is 0.743. The van der Waals surface area contributed by atoms with Crippen molar-refractivity contribution >= 4 is 23.2 Å². The molecule has 1 amide bonds. The number of hydrogen-bond acceptors (Lipinski definition) is 5. The molecule has 0 fully saturated rings. The molecule has 0 saturated carbocycles. The third-order valence-electron chi connectivity index (χ3n) is 3.32. The molecule has 1 N–H and O–H groups in total. The van der Waals surface area contributed by atoms with Crippen LogP contribution in [0.5, 0.6) is 0 Å². The zero-order valence-electron chi connectivity index (χ0n) is 13.0. The van der Waals surface area contributed by atoms with Crippen LogP contribution in [0.15, 0.2) is 53.7 Å². The average molecular weight is 346 g/mol. The van der Waals surface area contributed by atoms with Gasteiger partial charge in [-0.25, -0.2) is 9.67 Å². The molecular weight excluding hydrogens is 330 g/mol. The largest absolute Gasteiger partial charge is 0.468 e. The molecule has 2 aromatic heterocycles. The minimum absolute atomic E-state index is 0.160. The molecule has 124 valence electrons. The number of anilines is 1. The number of hydrogen-bond donors (Lipinski definition) is 1. The number of aromatic nitrogens is 3. The van der Waals surface area contributed by atoms with E-state index in [-0.39, 0.29) is 12.5 Å². The van der Waals surface area contributed by atoms with Crippen LogP contribution in [0.25, 0.3) is 5.69 Å². The highest BCUT2D eigenvalue weighted by Gasteiger charge is 2.12. The van der Waals surface area contributed by atoms with Crippen molar-refractivity contribution in [3.05, 3.63) is 60.0 Å². The van der Waals surface area contributed by atoms with Gasteiger partial charge in [-0.3, -0.25) is 9.69 Å². The Hall–Kier alpha value is -2.64. The van der Waals surface area contributed by atoms with Gasteiger partial charge in [-0.05, 0) is 37.4 Å². The van der Waals surface area contributed by atoms with E-state index in [0.717, 1.165) is 5.76 Å².